The lowest BCUT2D eigenvalue weighted by atomic mass is 9.96. The highest BCUT2D eigenvalue weighted by molar-refractivity contribution is 5.89. The standard InChI is InChI=1S/C17H30N2O5/c1-5-6-8-12(11-14(20)18-23)15(21)19-10-7-9-13(19)16(22)24-17(2,3)4/h12-13,23H,5-11H2,1-4H3,(H,18,20)/t12-,13-/m0/s1. The molecule has 24 heavy (non-hydrogen) atoms. The lowest BCUT2D eigenvalue weighted by Crippen LogP contribution is -2.46. The molecule has 7 nitrogen and oxygen atoms in total. The number of hydroxylamine groups is 1. The second-order valence-corrected chi connectivity index (χ2v) is 7.30. The van der Waals surface area contributed by atoms with Gasteiger partial charge in [-0.1, -0.05) is 19.8 Å². The van der Waals surface area contributed by atoms with Gasteiger partial charge in [-0.2, -0.15) is 0 Å². The molecule has 1 heterocycles. The first kappa shape index (κ1) is 20.4. The molecule has 0 spiro atoms. The Morgan fingerprint density at radius 3 is 2.54 bits per heavy atom. The maximum atomic E-state index is 12.8. The molecule has 1 saturated heterocycles. The molecule has 0 aromatic heterocycles. The van der Waals surface area contributed by atoms with Crippen molar-refractivity contribution in [3.8, 4) is 0 Å². The highest BCUT2D eigenvalue weighted by atomic mass is 16.6. The maximum absolute atomic E-state index is 12.8. The molecule has 0 saturated carbocycles. The van der Waals surface area contributed by atoms with Crippen LogP contribution in [0.3, 0.4) is 0 Å². The van der Waals surface area contributed by atoms with Crippen LogP contribution in [0, 0.1) is 5.92 Å². The zero-order chi connectivity index (χ0) is 18.3. The first-order valence-electron chi connectivity index (χ1n) is 8.66. The van der Waals surface area contributed by atoms with Gasteiger partial charge in [0.1, 0.15) is 11.6 Å². The van der Waals surface area contributed by atoms with E-state index in [-0.39, 0.29) is 12.3 Å². The molecule has 1 rings (SSSR count). The molecule has 0 aliphatic carbocycles. The van der Waals surface area contributed by atoms with Crippen LogP contribution >= 0.6 is 0 Å². The van der Waals surface area contributed by atoms with Crippen LogP contribution in [0.1, 0.15) is 66.2 Å². The van der Waals surface area contributed by atoms with Crippen LogP contribution in [0.5, 0.6) is 0 Å². The number of carbonyl (C=O) groups is 3. The smallest absolute Gasteiger partial charge is 0.329 e. The largest absolute Gasteiger partial charge is 0.458 e. The van der Waals surface area contributed by atoms with Gasteiger partial charge in [0.25, 0.3) is 0 Å². The van der Waals surface area contributed by atoms with Crippen molar-refractivity contribution in [1.82, 2.24) is 10.4 Å². The summed E-state index contributed by atoms with van der Waals surface area (Å²) >= 11 is 0. The van der Waals surface area contributed by atoms with E-state index in [2.05, 4.69) is 0 Å². The van der Waals surface area contributed by atoms with E-state index in [1.165, 1.54) is 0 Å². The Morgan fingerprint density at radius 2 is 2.00 bits per heavy atom. The molecule has 1 aliphatic rings. The van der Waals surface area contributed by atoms with Crippen molar-refractivity contribution in [1.29, 1.82) is 0 Å². The predicted octanol–water partition coefficient (Wildman–Crippen LogP) is 2.02. The molecule has 0 aromatic carbocycles. The monoisotopic (exact) mass is 342 g/mol. The molecule has 2 amide bonds. The van der Waals surface area contributed by atoms with Gasteiger partial charge in [0.15, 0.2) is 0 Å². The summed E-state index contributed by atoms with van der Waals surface area (Å²) in [6.07, 6.45) is 3.50. The number of rotatable bonds is 7. The van der Waals surface area contributed by atoms with E-state index in [9.17, 15) is 14.4 Å². The minimum Gasteiger partial charge on any atom is -0.458 e. The van der Waals surface area contributed by atoms with Crippen LogP contribution in [0.4, 0.5) is 0 Å². The number of hydrogen-bond acceptors (Lipinski definition) is 5. The van der Waals surface area contributed by atoms with Gasteiger partial charge < -0.3 is 9.64 Å². The molecule has 2 atom stereocenters. The number of likely N-dealkylation sites (tertiary alicyclic amines) is 1. The topological polar surface area (TPSA) is 95.9 Å². The molecule has 0 unspecified atom stereocenters. The third-order valence-electron chi connectivity index (χ3n) is 4.03. The summed E-state index contributed by atoms with van der Waals surface area (Å²) < 4.78 is 5.41. The summed E-state index contributed by atoms with van der Waals surface area (Å²) in [5, 5.41) is 8.73. The lowest BCUT2D eigenvalue weighted by Gasteiger charge is -2.30. The van der Waals surface area contributed by atoms with Gasteiger partial charge >= 0.3 is 5.97 Å². The minimum atomic E-state index is -0.604. The van der Waals surface area contributed by atoms with E-state index in [0.29, 0.717) is 19.4 Å². The van der Waals surface area contributed by atoms with E-state index in [1.54, 1.807) is 31.2 Å². The van der Waals surface area contributed by atoms with Gasteiger partial charge in [0.2, 0.25) is 11.8 Å². The van der Waals surface area contributed by atoms with Crippen molar-refractivity contribution < 1.29 is 24.3 Å². The molecule has 2 N–H and O–H groups in total. The Bertz CT molecular complexity index is 458. The normalized spacial score (nSPS) is 19.0. The van der Waals surface area contributed by atoms with Gasteiger partial charge in [-0.25, -0.2) is 10.3 Å². The second-order valence-electron chi connectivity index (χ2n) is 7.30. The summed E-state index contributed by atoms with van der Waals surface area (Å²) in [5.41, 5.74) is 0.977. The van der Waals surface area contributed by atoms with Crippen molar-refractivity contribution in [3.63, 3.8) is 0 Å². The fourth-order valence-electron chi connectivity index (χ4n) is 2.91. The third-order valence-corrected chi connectivity index (χ3v) is 4.03. The Kier molecular flexibility index (Phi) is 7.66. The number of unbranched alkanes of at least 4 members (excludes halogenated alkanes) is 1. The SMILES string of the molecule is CCCC[C@@H](CC(=O)NO)C(=O)N1CCC[C@H]1C(=O)OC(C)(C)C. The Balaban J connectivity index is 2.82. The molecular formula is C17H30N2O5. The number of nitrogens with zero attached hydrogens (tertiary/aromatic N) is 1. The number of carbonyl (C=O) groups excluding carboxylic acids is 3. The van der Waals surface area contributed by atoms with Gasteiger partial charge in [-0.05, 0) is 40.0 Å². The van der Waals surface area contributed by atoms with Gasteiger partial charge in [-0.15, -0.1) is 0 Å². The summed E-state index contributed by atoms with van der Waals surface area (Å²) in [5.74, 6) is -1.72. The number of esters is 1. The van der Waals surface area contributed by atoms with Crippen molar-refractivity contribution >= 4 is 17.8 Å². The second kappa shape index (κ2) is 9.01. The molecular weight excluding hydrogens is 312 g/mol. The number of amides is 2. The maximum Gasteiger partial charge on any atom is 0.329 e. The van der Waals surface area contributed by atoms with Gasteiger partial charge in [0.05, 0.1) is 0 Å². The van der Waals surface area contributed by atoms with Crippen molar-refractivity contribution in [2.45, 2.75) is 77.9 Å². The Morgan fingerprint density at radius 1 is 1.33 bits per heavy atom. The van der Waals surface area contributed by atoms with Crippen LogP contribution in [0.15, 0.2) is 0 Å². The quantitative estimate of drug-likeness (QED) is 0.419. The van der Waals surface area contributed by atoms with Gasteiger partial charge in [0, 0.05) is 18.9 Å². The van der Waals surface area contributed by atoms with E-state index in [4.69, 9.17) is 9.94 Å². The zero-order valence-electron chi connectivity index (χ0n) is 15.1. The summed E-state index contributed by atoms with van der Waals surface area (Å²) in [4.78, 5) is 38.2. The number of nitrogens with one attached hydrogen (secondary N) is 1. The molecule has 0 aromatic rings. The van der Waals surface area contributed by atoms with Crippen molar-refractivity contribution in [3.05, 3.63) is 0 Å². The van der Waals surface area contributed by atoms with E-state index < -0.39 is 29.4 Å². The number of hydrogen-bond donors (Lipinski definition) is 2. The summed E-state index contributed by atoms with van der Waals surface area (Å²) in [7, 11) is 0. The minimum absolute atomic E-state index is 0.0765. The van der Waals surface area contributed by atoms with Crippen LogP contribution in [-0.2, 0) is 19.1 Å². The fourth-order valence-corrected chi connectivity index (χ4v) is 2.91. The fraction of sp³-hybridized carbons (Fsp3) is 0.824. The van der Waals surface area contributed by atoms with Crippen LogP contribution in [0.2, 0.25) is 0 Å². The zero-order valence-corrected chi connectivity index (χ0v) is 15.1. The average molecular weight is 342 g/mol. The van der Waals surface area contributed by atoms with Crippen molar-refractivity contribution in [2.24, 2.45) is 5.92 Å². The van der Waals surface area contributed by atoms with Crippen LogP contribution < -0.4 is 5.48 Å². The molecule has 0 bridgehead atoms. The van der Waals surface area contributed by atoms with Crippen LogP contribution in [0.25, 0.3) is 0 Å². The highest BCUT2D eigenvalue weighted by Crippen LogP contribution is 2.26. The lowest BCUT2D eigenvalue weighted by molar-refractivity contribution is -0.164. The molecule has 138 valence electrons. The first-order chi connectivity index (χ1) is 11.2. The summed E-state index contributed by atoms with van der Waals surface area (Å²) in [6, 6.07) is -0.585. The Hall–Kier alpha value is -1.63. The average Bonchev–Trinajstić information content (AvgIpc) is 2.98. The molecule has 1 aliphatic heterocycles. The molecule has 0 radical (unpaired) electrons. The van der Waals surface area contributed by atoms with E-state index in [0.717, 1.165) is 19.3 Å². The summed E-state index contributed by atoms with van der Waals surface area (Å²) in [6.45, 7) is 7.88. The Labute approximate surface area is 143 Å². The van der Waals surface area contributed by atoms with Gasteiger partial charge in [-0.3, -0.25) is 14.8 Å². The molecule has 1 fully saturated rings. The van der Waals surface area contributed by atoms with E-state index in [1.807, 2.05) is 6.92 Å². The van der Waals surface area contributed by atoms with E-state index >= 15 is 0 Å². The third kappa shape index (κ3) is 6.11. The number of ether oxygens (including phenoxy) is 1. The first-order valence-corrected chi connectivity index (χ1v) is 8.66. The molecule has 7 heteroatoms. The highest BCUT2D eigenvalue weighted by Gasteiger charge is 2.39. The van der Waals surface area contributed by atoms with Crippen LogP contribution in [-0.4, -0.2) is 46.1 Å². The predicted molar refractivity (Wildman–Crippen MR) is 88.1 cm³/mol. The van der Waals surface area contributed by atoms with Crippen molar-refractivity contribution in [2.75, 3.05) is 6.54 Å².